The van der Waals surface area contributed by atoms with Crippen LogP contribution in [0, 0.1) is 17.7 Å². The number of benzene rings is 3. The zero-order valence-electron chi connectivity index (χ0n) is 14.0. The number of carbonyl (C=O) groups excluding carboxylic acids is 1. The lowest BCUT2D eigenvalue weighted by Crippen LogP contribution is -2.28. The molecule has 0 spiro atoms. The molecule has 128 valence electrons. The molecule has 3 aromatic rings. The number of hydrogen-bond acceptors (Lipinski definition) is 1. The summed E-state index contributed by atoms with van der Waals surface area (Å²) in [6.45, 7) is 0.247. The molecule has 4 heteroatoms. The Morgan fingerprint density at radius 1 is 0.846 bits per heavy atom. The highest BCUT2D eigenvalue weighted by molar-refractivity contribution is 5.89. The fourth-order valence-electron chi connectivity index (χ4n) is 2.35. The first-order valence-corrected chi connectivity index (χ1v) is 8.15. The van der Waals surface area contributed by atoms with E-state index < -0.39 is 0 Å². The quantitative estimate of drug-likeness (QED) is 0.673. The van der Waals surface area contributed by atoms with Crippen LogP contribution in [0.15, 0.2) is 78.9 Å². The Morgan fingerprint density at radius 3 is 2.38 bits per heavy atom. The molecule has 0 aliphatic rings. The molecular weight excluding hydrogens is 327 g/mol. The van der Waals surface area contributed by atoms with Crippen LogP contribution in [-0.4, -0.2) is 6.03 Å². The predicted octanol–water partition coefficient (Wildman–Crippen LogP) is 4.55. The van der Waals surface area contributed by atoms with Gasteiger partial charge in [-0.1, -0.05) is 48.2 Å². The van der Waals surface area contributed by atoms with Crippen molar-refractivity contribution in [2.75, 3.05) is 5.32 Å². The van der Waals surface area contributed by atoms with Gasteiger partial charge in [-0.25, -0.2) is 9.18 Å². The number of halogens is 1. The highest BCUT2D eigenvalue weighted by Gasteiger charge is 2.03. The van der Waals surface area contributed by atoms with Crippen molar-refractivity contribution in [1.82, 2.24) is 5.32 Å². The molecule has 0 fully saturated rings. The van der Waals surface area contributed by atoms with Gasteiger partial charge in [-0.05, 0) is 48.0 Å². The molecule has 3 nitrogen and oxygen atoms in total. The van der Waals surface area contributed by atoms with Gasteiger partial charge in [-0.15, -0.1) is 0 Å². The van der Waals surface area contributed by atoms with E-state index in [4.69, 9.17) is 0 Å². The van der Waals surface area contributed by atoms with Crippen molar-refractivity contribution in [2.45, 2.75) is 6.54 Å². The molecule has 0 saturated carbocycles. The van der Waals surface area contributed by atoms with Gasteiger partial charge in [-0.3, -0.25) is 0 Å². The van der Waals surface area contributed by atoms with Crippen molar-refractivity contribution >= 4 is 11.7 Å². The Balaban J connectivity index is 1.60. The van der Waals surface area contributed by atoms with E-state index in [0.29, 0.717) is 11.3 Å². The summed E-state index contributed by atoms with van der Waals surface area (Å²) in [5, 5.41) is 5.45. The van der Waals surface area contributed by atoms with Crippen LogP contribution in [0.5, 0.6) is 0 Å². The zero-order valence-corrected chi connectivity index (χ0v) is 14.0. The van der Waals surface area contributed by atoms with E-state index in [1.807, 2.05) is 42.5 Å². The third kappa shape index (κ3) is 5.22. The molecular formula is C22H17FN2O. The predicted molar refractivity (Wildman–Crippen MR) is 101 cm³/mol. The molecule has 0 aliphatic carbocycles. The fourth-order valence-corrected chi connectivity index (χ4v) is 2.35. The van der Waals surface area contributed by atoms with Crippen molar-refractivity contribution in [3.8, 4) is 11.8 Å². The monoisotopic (exact) mass is 344 g/mol. The minimum absolute atomic E-state index is 0.247. The Labute approximate surface area is 151 Å². The molecule has 0 aliphatic heterocycles. The molecule has 26 heavy (non-hydrogen) atoms. The molecule has 0 saturated heterocycles. The van der Waals surface area contributed by atoms with Gasteiger partial charge in [0.25, 0.3) is 0 Å². The maximum atomic E-state index is 13.1. The Hall–Kier alpha value is -3.58. The van der Waals surface area contributed by atoms with Gasteiger partial charge in [0.1, 0.15) is 5.82 Å². The number of nitrogens with one attached hydrogen (secondary N) is 2. The summed E-state index contributed by atoms with van der Waals surface area (Å²) in [7, 11) is 0. The average molecular weight is 344 g/mol. The largest absolute Gasteiger partial charge is 0.334 e. The van der Waals surface area contributed by atoms with Gasteiger partial charge in [0, 0.05) is 23.4 Å². The number of anilines is 1. The van der Waals surface area contributed by atoms with Gasteiger partial charge in [0.2, 0.25) is 0 Å². The molecule has 3 rings (SSSR count). The maximum absolute atomic E-state index is 13.1. The summed E-state index contributed by atoms with van der Waals surface area (Å²) >= 11 is 0. The van der Waals surface area contributed by atoms with E-state index in [-0.39, 0.29) is 18.4 Å². The average Bonchev–Trinajstić information content (AvgIpc) is 2.66. The van der Waals surface area contributed by atoms with Crippen molar-refractivity contribution in [3.63, 3.8) is 0 Å². The van der Waals surface area contributed by atoms with E-state index in [1.54, 1.807) is 24.3 Å². The molecule has 0 unspecified atom stereocenters. The maximum Gasteiger partial charge on any atom is 0.319 e. The van der Waals surface area contributed by atoms with Crippen molar-refractivity contribution in [1.29, 1.82) is 0 Å². The van der Waals surface area contributed by atoms with E-state index >= 15 is 0 Å². The lowest BCUT2D eigenvalue weighted by molar-refractivity contribution is 0.251. The number of amides is 2. The Kier molecular flexibility index (Phi) is 5.64. The molecule has 0 radical (unpaired) electrons. The third-order valence-electron chi connectivity index (χ3n) is 3.59. The summed E-state index contributed by atoms with van der Waals surface area (Å²) in [6, 6.07) is 22.8. The van der Waals surface area contributed by atoms with Gasteiger partial charge < -0.3 is 10.6 Å². The summed E-state index contributed by atoms with van der Waals surface area (Å²) in [4.78, 5) is 12.0. The highest BCUT2D eigenvalue weighted by Crippen LogP contribution is 2.10. The van der Waals surface area contributed by atoms with Crippen LogP contribution in [0.4, 0.5) is 14.9 Å². The first-order chi connectivity index (χ1) is 12.7. The number of hydrogen-bond donors (Lipinski definition) is 2. The number of rotatable bonds is 3. The minimum Gasteiger partial charge on any atom is -0.334 e. The van der Waals surface area contributed by atoms with Gasteiger partial charge >= 0.3 is 6.03 Å². The van der Waals surface area contributed by atoms with Gasteiger partial charge in [0.05, 0.1) is 0 Å². The van der Waals surface area contributed by atoms with Crippen LogP contribution in [-0.2, 0) is 6.54 Å². The van der Waals surface area contributed by atoms with E-state index in [9.17, 15) is 9.18 Å². The zero-order chi connectivity index (χ0) is 18.2. The van der Waals surface area contributed by atoms with Crippen LogP contribution in [0.2, 0.25) is 0 Å². The molecule has 2 amide bonds. The molecule has 0 bridgehead atoms. The van der Waals surface area contributed by atoms with E-state index in [1.165, 1.54) is 12.1 Å². The number of carbonyl (C=O) groups is 1. The first kappa shape index (κ1) is 17.2. The Bertz CT molecular complexity index is 958. The minimum atomic E-state index is -0.359. The van der Waals surface area contributed by atoms with Crippen LogP contribution >= 0.6 is 0 Å². The van der Waals surface area contributed by atoms with Crippen LogP contribution in [0.25, 0.3) is 0 Å². The lowest BCUT2D eigenvalue weighted by atomic mass is 10.1. The first-order valence-electron chi connectivity index (χ1n) is 8.15. The second kappa shape index (κ2) is 8.50. The highest BCUT2D eigenvalue weighted by atomic mass is 19.1. The standard InChI is InChI=1S/C22H17FN2O/c23-20-10-4-9-19(14-20)16-24-22(26)25-21-11-5-8-18(15-21)13-12-17-6-2-1-3-7-17/h1-11,14-15H,16H2,(H2,24,25,26). The second-order valence-electron chi connectivity index (χ2n) is 5.63. The summed E-state index contributed by atoms with van der Waals surface area (Å²) in [6.07, 6.45) is 0. The third-order valence-corrected chi connectivity index (χ3v) is 3.59. The van der Waals surface area contributed by atoms with E-state index in [0.717, 1.165) is 11.1 Å². The van der Waals surface area contributed by atoms with Gasteiger partial charge in [-0.2, -0.15) is 0 Å². The lowest BCUT2D eigenvalue weighted by Gasteiger charge is -2.08. The Morgan fingerprint density at radius 2 is 1.58 bits per heavy atom. The molecule has 0 aromatic heterocycles. The SMILES string of the molecule is O=C(NCc1cccc(F)c1)Nc1cccc(C#Cc2ccccc2)c1. The van der Waals surface area contributed by atoms with Crippen molar-refractivity contribution in [2.24, 2.45) is 0 Å². The molecule has 0 heterocycles. The second-order valence-corrected chi connectivity index (χ2v) is 5.63. The van der Waals surface area contributed by atoms with E-state index in [2.05, 4.69) is 22.5 Å². The molecule has 0 atom stereocenters. The van der Waals surface area contributed by atoms with Crippen molar-refractivity contribution < 1.29 is 9.18 Å². The summed E-state index contributed by atoms with van der Waals surface area (Å²) in [5.74, 6) is 5.83. The summed E-state index contributed by atoms with van der Waals surface area (Å²) < 4.78 is 13.1. The smallest absolute Gasteiger partial charge is 0.319 e. The van der Waals surface area contributed by atoms with Crippen LogP contribution in [0.3, 0.4) is 0 Å². The molecule has 3 aromatic carbocycles. The molecule has 2 N–H and O–H groups in total. The number of urea groups is 1. The van der Waals surface area contributed by atoms with Crippen LogP contribution < -0.4 is 10.6 Å². The fraction of sp³-hybridized carbons (Fsp3) is 0.0455. The van der Waals surface area contributed by atoms with Gasteiger partial charge in [0.15, 0.2) is 0 Å². The topological polar surface area (TPSA) is 41.1 Å². The normalized spacial score (nSPS) is 9.73. The van der Waals surface area contributed by atoms with Crippen molar-refractivity contribution in [3.05, 3.63) is 101 Å². The van der Waals surface area contributed by atoms with Crippen LogP contribution in [0.1, 0.15) is 16.7 Å². The summed E-state index contributed by atoms with van der Waals surface area (Å²) in [5.41, 5.74) is 3.07.